The zero-order valence-electron chi connectivity index (χ0n) is 12.5. The van der Waals surface area contributed by atoms with Crippen LogP contribution in [-0.2, 0) is 11.2 Å². The number of rotatable bonds is 4. The Kier molecular flexibility index (Phi) is 4.08. The number of hydrogen-bond donors (Lipinski definition) is 1. The molecule has 0 aliphatic carbocycles. The second kappa shape index (κ2) is 5.98. The van der Waals surface area contributed by atoms with E-state index in [0.717, 1.165) is 39.3 Å². The van der Waals surface area contributed by atoms with Crippen molar-refractivity contribution in [3.05, 3.63) is 35.5 Å². The number of fused-ring (bicyclic) bond motifs is 1. The third-order valence-corrected chi connectivity index (χ3v) is 4.26. The van der Waals surface area contributed by atoms with E-state index in [4.69, 9.17) is 4.74 Å². The van der Waals surface area contributed by atoms with Crippen LogP contribution >= 0.6 is 0 Å². The Bertz CT molecular complexity index is 567. The molecular formula is C17H24N2O. The summed E-state index contributed by atoms with van der Waals surface area (Å²) in [6.45, 7) is 9.51. The second-order valence-electron chi connectivity index (χ2n) is 5.98. The average molecular weight is 272 g/mol. The largest absolute Gasteiger partial charge is 0.379 e. The van der Waals surface area contributed by atoms with Crippen molar-refractivity contribution < 1.29 is 4.74 Å². The summed E-state index contributed by atoms with van der Waals surface area (Å²) in [6, 6.07) is 6.83. The van der Waals surface area contributed by atoms with Gasteiger partial charge in [-0.15, -0.1) is 0 Å². The SMILES string of the molecule is CC(C)c1ccc2c(CCN3CCOCC3)c[nH]c2c1. The van der Waals surface area contributed by atoms with E-state index < -0.39 is 0 Å². The molecule has 1 N–H and O–H groups in total. The minimum Gasteiger partial charge on any atom is -0.379 e. The summed E-state index contributed by atoms with van der Waals surface area (Å²) in [5.74, 6) is 0.583. The number of morpholine rings is 1. The molecule has 0 unspecified atom stereocenters. The van der Waals surface area contributed by atoms with Crippen LogP contribution in [0.5, 0.6) is 0 Å². The quantitative estimate of drug-likeness (QED) is 0.926. The predicted molar refractivity (Wildman–Crippen MR) is 83.4 cm³/mol. The van der Waals surface area contributed by atoms with Crippen LogP contribution in [0, 0.1) is 0 Å². The summed E-state index contributed by atoms with van der Waals surface area (Å²) in [5, 5.41) is 1.38. The van der Waals surface area contributed by atoms with Gasteiger partial charge in [-0.25, -0.2) is 0 Å². The van der Waals surface area contributed by atoms with Crippen LogP contribution in [0.4, 0.5) is 0 Å². The van der Waals surface area contributed by atoms with Crippen molar-refractivity contribution in [2.75, 3.05) is 32.8 Å². The molecule has 0 atom stereocenters. The number of nitrogens with one attached hydrogen (secondary N) is 1. The highest BCUT2D eigenvalue weighted by Gasteiger charge is 2.12. The highest BCUT2D eigenvalue weighted by Crippen LogP contribution is 2.24. The van der Waals surface area contributed by atoms with Crippen molar-refractivity contribution in [3.63, 3.8) is 0 Å². The van der Waals surface area contributed by atoms with Gasteiger partial charge in [0, 0.05) is 36.7 Å². The molecule has 0 spiro atoms. The van der Waals surface area contributed by atoms with Gasteiger partial charge in [-0.05, 0) is 29.5 Å². The summed E-state index contributed by atoms with van der Waals surface area (Å²) in [5.41, 5.74) is 4.11. The third kappa shape index (κ3) is 2.89. The molecule has 20 heavy (non-hydrogen) atoms. The van der Waals surface area contributed by atoms with Crippen molar-refractivity contribution in [2.45, 2.75) is 26.2 Å². The molecule has 0 saturated carbocycles. The number of benzene rings is 1. The smallest absolute Gasteiger partial charge is 0.0594 e. The van der Waals surface area contributed by atoms with E-state index in [9.17, 15) is 0 Å². The van der Waals surface area contributed by atoms with Gasteiger partial charge in [0.1, 0.15) is 0 Å². The Morgan fingerprint density at radius 1 is 1.25 bits per heavy atom. The molecular weight excluding hydrogens is 248 g/mol. The van der Waals surface area contributed by atoms with Crippen molar-refractivity contribution >= 4 is 10.9 Å². The average Bonchev–Trinajstić information content (AvgIpc) is 2.88. The van der Waals surface area contributed by atoms with Gasteiger partial charge in [0.25, 0.3) is 0 Å². The van der Waals surface area contributed by atoms with Gasteiger partial charge in [-0.1, -0.05) is 26.0 Å². The molecule has 1 aromatic heterocycles. The Morgan fingerprint density at radius 3 is 2.80 bits per heavy atom. The molecule has 2 aromatic rings. The van der Waals surface area contributed by atoms with Crippen molar-refractivity contribution in [1.82, 2.24) is 9.88 Å². The van der Waals surface area contributed by atoms with E-state index in [1.807, 2.05) is 0 Å². The fourth-order valence-electron chi connectivity index (χ4n) is 2.87. The molecule has 1 fully saturated rings. The lowest BCUT2D eigenvalue weighted by atomic mass is 10.0. The number of aromatic nitrogens is 1. The summed E-state index contributed by atoms with van der Waals surface area (Å²) in [6.07, 6.45) is 3.29. The maximum absolute atomic E-state index is 5.39. The molecule has 1 aliphatic rings. The van der Waals surface area contributed by atoms with Crippen molar-refractivity contribution in [1.29, 1.82) is 0 Å². The molecule has 1 aromatic carbocycles. The van der Waals surface area contributed by atoms with E-state index >= 15 is 0 Å². The first-order chi connectivity index (χ1) is 9.74. The van der Waals surface area contributed by atoms with Crippen LogP contribution in [-0.4, -0.2) is 42.7 Å². The number of ether oxygens (including phenoxy) is 1. The Morgan fingerprint density at radius 2 is 2.05 bits per heavy atom. The molecule has 3 rings (SSSR count). The predicted octanol–water partition coefficient (Wildman–Crippen LogP) is 3.17. The van der Waals surface area contributed by atoms with Gasteiger partial charge in [0.15, 0.2) is 0 Å². The summed E-state index contributed by atoms with van der Waals surface area (Å²) >= 11 is 0. The van der Waals surface area contributed by atoms with Crippen LogP contribution < -0.4 is 0 Å². The first kappa shape index (κ1) is 13.7. The number of aromatic amines is 1. The molecule has 2 heterocycles. The number of H-pyrrole nitrogens is 1. The van der Waals surface area contributed by atoms with E-state index in [1.54, 1.807) is 0 Å². The fraction of sp³-hybridized carbons (Fsp3) is 0.529. The summed E-state index contributed by atoms with van der Waals surface area (Å²) in [4.78, 5) is 5.92. The Labute approximate surface area is 120 Å². The topological polar surface area (TPSA) is 28.3 Å². The van der Waals surface area contributed by atoms with Gasteiger partial charge in [0.05, 0.1) is 13.2 Å². The molecule has 1 aliphatic heterocycles. The van der Waals surface area contributed by atoms with Crippen LogP contribution in [0.2, 0.25) is 0 Å². The van der Waals surface area contributed by atoms with Crippen LogP contribution in [0.25, 0.3) is 10.9 Å². The minimum absolute atomic E-state index is 0.583. The highest BCUT2D eigenvalue weighted by atomic mass is 16.5. The zero-order chi connectivity index (χ0) is 13.9. The van der Waals surface area contributed by atoms with Crippen LogP contribution in [0.1, 0.15) is 30.9 Å². The zero-order valence-corrected chi connectivity index (χ0v) is 12.5. The Balaban J connectivity index is 1.71. The van der Waals surface area contributed by atoms with E-state index in [2.05, 4.69) is 48.1 Å². The molecule has 0 radical (unpaired) electrons. The highest BCUT2D eigenvalue weighted by molar-refractivity contribution is 5.83. The first-order valence-corrected chi connectivity index (χ1v) is 7.64. The maximum atomic E-state index is 5.39. The molecule has 108 valence electrons. The lowest BCUT2D eigenvalue weighted by molar-refractivity contribution is 0.0385. The number of hydrogen-bond acceptors (Lipinski definition) is 2. The first-order valence-electron chi connectivity index (χ1n) is 7.64. The van der Waals surface area contributed by atoms with Gasteiger partial charge in [-0.3, -0.25) is 4.90 Å². The second-order valence-corrected chi connectivity index (χ2v) is 5.98. The molecule has 1 saturated heterocycles. The lowest BCUT2D eigenvalue weighted by Crippen LogP contribution is -2.37. The molecule has 0 bridgehead atoms. The van der Waals surface area contributed by atoms with Crippen molar-refractivity contribution in [3.8, 4) is 0 Å². The monoisotopic (exact) mass is 272 g/mol. The van der Waals surface area contributed by atoms with Crippen molar-refractivity contribution in [2.24, 2.45) is 0 Å². The van der Waals surface area contributed by atoms with Gasteiger partial charge >= 0.3 is 0 Å². The van der Waals surface area contributed by atoms with Gasteiger partial charge < -0.3 is 9.72 Å². The van der Waals surface area contributed by atoms with E-state index in [0.29, 0.717) is 5.92 Å². The van der Waals surface area contributed by atoms with Crippen LogP contribution in [0.15, 0.2) is 24.4 Å². The summed E-state index contributed by atoms with van der Waals surface area (Å²) < 4.78 is 5.39. The lowest BCUT2D eigenvalue weighted by Gasteiger charge is -2.26. The molecule has 3 nitrogen and oxygen atoms in total. The van der Waals surface area contributed by atoms with Crippen LogP contribution in [0.3, 0.4) is 0 Å². The van der Waals surface area contributed by atoms with Gasteiger partial charge in [0.2, 0.25) is 0 Å². The van der Waals surface area contributed by atoms with E-state index in [1.165, 1.54) is 22.0 Å². The molecule has 3 heteroatoms. The standard InChI is InChI=1S/C17H24N2O/c1-13(2)14-3-4-16-15(12-18-17(16)11-14)5-6-19-7-9-20-10-8-19/h3-4,11-13,18H,5-10H2,1-2H3. The molecule has 0 amide bonds. The fourth-order valence-corrected chi connectivity index (χ4v) is 2.87. The normalized spacial score (nSPS) is 17.1. The summed E-state index contributed by atoms with van der Waals surface area (Å²) in [7, 11) is 0. The maximum Gasteiger partial charge on any atom is 0.0594 e. The van der Waals surface area contributed by atoms with Gasteiger partial charge in [-0.2, -0.15) is 0 Å². The van der Waals surface area contributed by atoms with E-state index in [-0.39, 0.29) is 0 Å². The minimum atomic E-state index is 0.583. The Hall–Kier alpha value is -1.32. The number of nitrogens with zero attached hydrogens (tertiary/aromatic N) is 1. The third-order valence-electron chi connectivity index (χ3n) is 4.26.